The largest absolute Gasteiger partial charge is 0.366 e. The molecule has 0 fully saturated rings. The van der Waals surface area contributed by atoms with Crippen LogP contribution >= 0.6 is 0 Å². The van der Waals surface area contributed by atoms with E-state index in [0.29, 0.717) is 11.1 Å². The van der Waals surface area contributed by atoms with Gasteiger partial charge < -0.3 is 15.8 Å². The minimum atomic E-state index is -0.545. The number of amidine groups is 1. The fraction of sp³-hybridized carbons (Fsp3) is 0. The van der Waals surface area contributed by atoms with Crippen molar-refractivity contribution in [1.82, 2.24) is 0 Å². The molecule has 0 heterocycles. The van der Waals surface area contributed by atoms with Crippen LogP contribution in [0.5, 0.6) is 0 Å². The minimum absolute atomic E-state index is 0.0949. The predicted molar refractivity (Wildman–Crippen MR) is 114 cm³/mol. The molecule has 0 radical (unpaired) electrons. The molecule has 0 amide bonds. The molecule has 5 nitrogen and oxygen atoms in total. The number of aliphatic imine (C=N–C) groups is 1. The van der Waals surface area contributed by atoms with Crippen LogP contribution in [0, 0.1) is 10.1 Å². The van der Waals surface area contributed by atoms with Gasteiger partial charge in [0, 0.05) is 11.6 Å². The monoisotopic (exact) mass is 369 g/mol. The van der Waals surface area contributed by atoms with Gasteiger partial charge in [0.05, 0.1) is 0 Å². The van der Waals surface area contributed by atoms with Crippen molar-refractivity contribution < 1.29 is 4.92 Å². The predicted octanol–water partition coefficient (Wildman–Crippen LogP) is 4.84. The van der Waals surface area contributed by atoms with E-state index >= 15 is 0 Å². The van der Waals surface area contributed by atoms with E-state index in [4.69, 9.17) is 5.73 Å². The molecular weight excluding hydrogens is 350 g/mol. The zero-order valence-corrected chi connectivity index (χ0v) is 15.1. The third kappa shape index (κ3) is 5.25. The Balaban J connectivity index is 1.79. The van der Waals surface area contributed by atoms with E-state index in [1.807, 2.05) is 60.7 Å². The van der Waals surface area contributed by atoms with Crippen LogP contribution in [0.3, 0.4) is 0 Å². The first-order valence-electron chi connectivity index (χ1n) is 8.71. The van der Waals surface area contributed by atoms with E-state index in [1.165, 1.54) is 6.08 Å². The topological polar surface area (TPSA) is 81.5 Å². The van der Waals surface area contributed by atoms with Crippen molar-refractivity contribution in [3.05, 3.63) is 123 Å². The molecule has 2 N–H and O–H groups in total. The van der Waals surface area contributed by atoms with Gasteiger partial charge in [-0.15, -0.1) is 0 Å². The van der Waals surface area contributed by atoms with Gasteiger partial charge in [0.25, 0.3) is 0 Å². The van der Waals surface area contributed by atoms with Crippen molar-refractivity contribution in [2.45, 2.75) is 0 Å². The summed E-state index contributed by atoms with van der Waals surface area (Å²) >= 11 is 0. The number of rotatable bonds is 6. The summed E-state index contributed by atoms with van der Waals surface area (Å²) in [6.07, 6.45) is 5.40. The first-order chi connectivity index (χ1) is 13.6. The van der Waals surface area contributed by atoms with Crippen molar-refractivity contribution >= 4 is 24.1 Å². The van der Waals surface area contributed by atoms with E-state index in [9.17, 15) is 10.1 Å². The lowest BCUT2D eigenvalue weighted by molar-refractivity contribution is -0.424. The van der Waals surface area contributed by atoms with Crippen molar-refractivity contribution in [2.75, 3.05) is 0 Å². The molecule has 28 heavy (non-hydrogen) atoms. The number of hydrogen-bond acceptors (Lipinski definition) is 3. The molecule has 0 aromatic heterocycles. The third-order valence-electron chi connectivity index (χ3n) is 3.99. The van der Waals surface area contributed by atoms with Crippen LogP contribution in [0.2, 0.25) is 0 Å². The molecular formula is C23H19N3O2. The van der Waals surface area contributed by atoms with Gasteiger partial charge in [-0.3, -0.25) is 0 Å². The van der Waals surface area contributed by atoms with Crippen LogP contribution in [-0.2, 0) is 0 Å². The lowest BCUT2D eigenvalue weighted by Gasteiger charge is -1.99. The Hall–Kier alpha value is -3.99. The van der Waals surface area contributed by atoms with Gasteiger partial charge in [0.2, 0.25) is 5.84 Å². The van der Waals surface area contributed by atoms with E-state index in [2.05, 4.69) is 4.99 Å². The van der Waals surface area contributed by atoms with Crippen LogP contribution in [-0.4, -0.2) is 10.8 Å². The highest BCUT2D eigenvalue weighted by atomic mass is 16.6. The molecule has 3 aromatic carbocycles. The van der Waals surface area contributed by atoms with Crippen LogP contribution in [0.15, 0.2) is 95.7 Å². The summed E-state index contributed by atoms with van der Waals surface area (Å²) in [7, 11) is 0. The maximum Gasteiger partial charge on any atom is 0.366 e. The Morgan fingerprint density at radius 2 is 1.29 bits per heavy atom. The zero-order chi connectivity index (χ0) is 19.8. The first kappa shape index (κ1) is 18.8. The summed E-state index contributed by atoms with van der Waals surface area (Å²) in [6, 6.07) is 26.3. The lowest BCUT2D eigenvalue weighted by atomic mass is 10.1. The molecule has 3 aromatic rings. The van der Waals surface area contributed by atoms with Crippen LogP contribution < -0.4 is 5.73 Å². The highest BCUT2D eigenvalue weighted by Crippen LogP contribution is 2.12. The zero-order valence-electron chi connectivity index (χ0n) is 15.1. The Bertz CT molecular complexity index is 1020. The molecule has 0 aliphatic heterocycles. The van der Waals surface area contributed by atoms with Gasteiger partial charge >= 0.3 is 5.82 Å². The average molecular weight is 369 g/mol. The fourth-order valence-corrected chi connectivity index (χ4v) is 2.53. The van der Waals surface area contributed by atoms with Gasteiger partial charge in [-0.25, -0.2) is 0 Å². The smallest absolute Gasteiger partial charge is 0.362 e. The highest BCUT2D eigenvalue weighted by Gasteiger charge is 2.12. The molecule has 0 aliphatic carbocycles. The number of nitrogens with zero attached hydrogens (tertiary/aromatic N) is 2. The summed E-state index contributed by atoms with van der Waals surface area (Å²) in [5.74, 6) is -0.214. The Labute approximate surface area is 163 Å². The van der Waals surface area contributed by atoms with Crippen LogP contribution in [0.1, 0.15) is 22.3 Å². The molecule has 0 atom stereocenters. The molecule has 0 saturated heterocycles. The number of nitrogens with two attached hydrogens (primary N) is 1. The van der Waals surface area contributed by atoms with Crippen LogP contribution in [0.25, 0.3) is 18.2 Å². The first-order valence-corrected chi connectivity index (χ1v) is 8.71. The van der Waals surface area contributed by atoms with Gasteiger partial charge in [-0.1, -0.05) is 84.9 Å². The van der Waals surface area contributed by atoms with Crippen molar-refractivity contribution in [3.63, 3.8) is 0 Å². The summed E-state index contributed by atoms with van der Waals surface area (Å²) < 4.78 is 0. The second-order valence-corrected chi connectivity index (χ2v) is 6.03. The molecule has 0 spiro atoms. The third-order valence-corrected chi connectivity index (χ3v) is 3.99. The summed E-state index contributed by atoms with van der Waals surface area (Å²) in [5.41, 5.74) is 9.40. The maximum absolute atomic E-state index is 11.3. The SMILES string of the molecule is NC(=NC(=Cc1ccccc1)[N+](=O)[O-])c1ccc(C=Cc2ccccc2)cc1. The van der Waals surface area contributed by atoms with Crippen molar-refractivity contribution in [1.29, 1.82) is 0 Å². The number of benzene rings is 3. The standard InChI is InChI=1S/C23H19N3O2/c24-23(25-22(26(27)28)17-20-9-5-2-6-10-20)21-15-13-19(14-16-21)12-11-18-7-3-1-4-8-18/h1-17H,(H2,24,25). The molecule has 3 rings (SSSR count). The normalized spacial score (nSPS) is 12.3. The molecule has 0 saturated carbocycles. The summed E-state index contributed by atoms with van der Waals surface area (Å²) in [4.78, 5) is 14.8. The van der Waals surface area contributed by atoms with Crippen LogP contribution in [0.4, 0.5) is 0 Å². The average Bonchev–Trinajstić information content (AvgIpc) is 2.73. The van der Waals surface area contributed by atoms with E-state index in [1.54, 1.807) is 36.4 Å². The molecule has 0 bridgehead atoms. The Morgan fingerprint density at radius 3 is 1.82 bits per heavy atom. The maximum atomic E-state index is 11.3. The van der Waals surface area contributed by atoms with Crippen molar-refractivity contribution in [3.8, 4) is 0 Å². The second kappa shape index (κ2) is 9.09. The van der Waals surface area contributed by atoms with Gasteiger partial charge in [0.1, 0.15) is 0 Å². The molecule has 5 heteroatoms. The molecule has 0 aliphatic rings. The van der Waals surface area contributed by atoms with Gasteiger partial charge in [0.15, 0.2) is 0 Å². The Morgan fingerprint density at radius 1 is 0.786 bits per heavy atom. The quantitative estimate of drug-likeness (QED) is 0.222. The minimum Gasteiger partial charge on any atom is -0.362 e. The van der Waals surface area contributed by atoms with E-state index in [-0.39, 0.29) is 11.7 Å². The van der Waals surface area contributed by atoms with E-state index < -0.39 is 4.92 Å². The van der Waals surface area contributed by atoms with Crippen molar-refractivity contribution in [2.24, 2.45) is 10.7 Å². The highest BCUT2D eigenvalue weighted by molar-refractivity contribution is 5.98. The van der Waals surface area contributed by atoms with Gasteiger partial charge in [-0.05, 0) is 38.7 Å². The second-order valence-electron chi connectivity index (χ2n) is 6.03. The van der Waals surface area contributed by atoms with E-state index in [0.717, 1.165) is 11.1 Å². The fourth-order valence-electron chi connectivity index (χ4n) is 2.53. The lowest BCUT2D eigenvalue weighted by Crippen LogP contribution is -2.15. The molecule has 0 unspecified atom stereocenters. The van der Waals surface area contributed by atoms with Gasteiger partial charge in [-0.2, -0.15) is 0 Å². The number of hydrogen-bond donors (Lipinski definition) is 1. The molecule has 138 valence electrons. The summed E-state index contributed by atoms with van der Waals surface area (Å²) in [5, 5.41) is 11.3. The number of nitro groups is 1. The Kier molecular flexibility index (Phi) is 6.10. The summed E-state index contributed by atoms with van der Waals surface area (Å²) in [6.45, 7) is 0.